The summed E-state index contributed by atoms with van der Waals surface area (Å²) < 4.78 is 48.3. The average molecular weight is 353 g/mol. The molecular formula is C18H18F3NO3. The molecule has 0 aliphatic heterocycles. The maximum absolute atomic E-state index is 12.6. The van der Waals surface area contributed by atoms with Gasteiger partial charge in [0.2, 0.25) is 0 Å². The zero-order valence-corrected chi connectivity index (χ0v) is 13.6. The van der Waals surface area contributed by atoms with Gasteiger partial charge in [0.1, 0.15) is 18.1 Å². The van der Waals surface area contributed by atoms with E-state index in [1.165, 1.54) is 12.1 Å². The van der Waals surface area contributed by atoms with Gasteiger partial charge in [0.25, 0.3) is 5.91 Å². The molecule has 1 amide bonds. The summed E-state index contributed by atoms with van der Waals surface area (Å²) in [7, 11) is 0. The van der Waals surface area contributed by atoms with Crippen LogP contribution < -0.4 is 14.8 Å². The van der Waals surface area contributed by atoms with Crippen molar-refractivity contribution in [2.75, 3.05) is 19.8 Å². The van der Waals surface area contributed by atoms with Crippen LogP contribution >= 0.6 is 0 Å². The first-order valence-corrected chi connectivity index (χ1v) is 7.61. The van der Waals surface area contributed by atoms with Crippen LogP contribution in [-0.4, -0.2) is 25.7 Å². The van der Waals surface area contributed by atoms with Crippen LogP contribution in [0.2, 0.25) is 0 Å². The molecule has 0 heterocycles. The van der Waals surface area contributed by atoms with E-state index in [2.05, 4.69) is 5.32 Å². The third-order valence-electron chi connectivity index (χ3n) is 3.25. The molecule has 0 spiro atoms. The Bertz CT molecular complexity index is 699. The molecule has 2 aromatic rings. The smallest absolute Gasteiger partial charge is 0.416 e. The van der Waals surface area contributed by atoms with Gasteiger partial charge in [-0.15, -0.1) is 0 Å². The maximum Gasteiger partial charge on any atom is 0.416 e. The molecule has 0 atom stereocenters. The zero-order chi connectivity index (χ0) is 18.3. The van der Waals surface area contributed by atoms with E-state index in [0.29, 0.717) is 5.75 Å². The first kappa shape index (κ1) is 18.6. The van der Waals surface area contributed by atoms with Crippen LogP contribution in [0.3, 0.4) is 0 Å². The Balaban J connectivity index is 1.69. The van der Waals surface area contributed by atoms with E-state index in [4.69, 9.17) is 9.47 Å². The summed E-state index contributed by atoms with van der Waals surface area (Å²) in [6.45, 7) is 2.14. The molecule has 2 rings (SSSR count). The Morgan fingerprint density at radius 3 is 2.44 bits per heavy atom. The number of carbonyl (C=O) groups is 1. The second-order valence-corrected chi connectivity index (χ2v) is 5.33. The maximum atomic E-state index is 12.6. The van der Waals surface area contributed by atoms with Gasteiger partial charge in [-0.05, 0) is 37.3 Å². The summed E-state index contributed by atoms with van der Waals surface area (Å²) >= 11 is 0. The van der Waals surface area contributed by atoms with Crippen LogP contribution in [-0.2, 0) is 11.0 Å². The number of alkyl halides is 3. The van der Waals surface area contributed by atoms with Gasteiger partial charge in [-0.2, -0.15) is 13.2 Å². The fraction of sp³-hybridized carbons (Fsp3) is 0.278. The molecule has 0 unspecified atom stereocenters. The number of ether oxygens (including phenoxy) is 2. The van der Waals surface area contributed by atoms with Gasteiger partial charge in [0, 0.05) is 0 Å². The minimum atomic E-state index is -4.45. The lowest BCUT2D eigenvalue weighted by Crippen LogP contribution is -2.32. The zero-order valence-electron chi connectivity index (χ0n) is 13.6. The van der Waals surface area contributed by atoms with E-state index < -0.39 is 17.6 Å². The molecule has 25 heavy (non-hydrogen) atoms. The molecule has 0 saturated carbocycles. The molecule has 0 aromatic heterocycles. The minimum absolute atomic E-state index is 0.0131. The van der Waals surface area contributed by atoms with Crippen molar-refractivity contribution in [3.63, 3.8) is 0 Å². The molecule has 134 valence electrons. The van der Waals surface area contributed by atoms with Gasteiger partial charge >= 0.3 is 6.18 Å². The van der Waals surface area contributed by atoms with E-state index in [1.54, 1.807) is 0 Å². The van der Waals surface area contributed by atoms with Crippen molar-refractivity contribution in [2.45, 2.75) is 13.1 Å². The van der Waals surface area contributed by atoms with Crippen LogP contribution in [0.1, 0.15) is 11.1 Å². The van der Waals surface area contributed by atoms with Crippen molar-refractivity contribution in [3.8, 4) is 11.5 Å². The number of halogens is 3. The molecule has 0 aliphatic rings. The van der Waals surface area contributed by atoms with Crippen molar-refractivity contribution in [2.24, 2.45) is 0 Å². The van der Waals surface area contributed by atoms with Crippen molar-refractivity contribution in [1.29, 1.82) is 0 Å². The second-order valence-electron chi connectivity index (χ2n) is 5.33. The van der Waals surface area contributed by atoms with Crippen molar-refractivity contribution < 1.29 is 27.4 Å². The van der Waals surface area contributed by atoms with Crippen LogP contribution in [0.25, 0.3) is 0 Å². The number of carbonyl (C=O) groups excluding carboxylic acids is 1. The van der Waals surface area contributed by atoms with Gasteiger partial charge in [-0.3, -0.25) is 4.79 Å². The minimum Gasteiger partial charge on any atom is -0.492 e. The van der Waals surface area contributed by atoms with Crippen LogP contribution in [0, 0.1) is 6.92 Å². The van der Waals surface area contributed by atoms with E-state index in [-0.39, 0.29) is 25.5 Å². The Kier molecular flexibility index (Phi) is 6.27. The molecule has 0 bridgehead atoms. The molecule has 2 aromatic carbocycles. The van der Waals surface area contributed by atoms with E-state index in [0.717, 1.165) is 17.7 Å². The van der Waals surface area contributed by atoms with E-state index >= 15 is 0 Å². The van der Waals surface area contributed by atoms with Gasteiger partial charge in [0.05, 0.1) is 12.1 Å². The molecule has 0 radical (unpaired) electrons. The van der Waals surface area contributed by atoms with Crippen molar-refractivity contribution in [1.82, 2.24) is 5.32 Å². The fourth-order valence-electron chi connectivity index (χ4n) is 1.96. The number of nitrogens with one attached hydrogen (secondary N) is 1. The lowest BCUT2D eigenvalue weighted by molar-refractivity contribution is -0.137. The number of hydrogen-bond donors (Lipinski definition) is 1. The Morgan fingerprint density at radius 1 is 1.04 bits per heavy atom. The Labute approximate surface area is 143 Å². The highest BCUT2D eigenvalue weighted by atomic mass is 19.4. The number of rotatable bonds is 7. The molecule has 0 aliphatic carbocycles. The van der Waals surface area contributed by atoms with E-state index in [9.17, 15) is 18.0 Å². The van der Waals surface area contributed by atoms with Crippen molar-refractivity contribution >= 4 is 5.91 Å². The summed E-state index contributed by atoms with van der Waals surface area (Å²) in [6, 6.07) is 11.9. The molecule has 1 N–H and O–H groups in total. The predicted octanol–water partition coefficient (Wildman–Crippen LogP) is 3.59. The number of aryl methyl sites for hydroxylation is 1. The number of benzene rings is 2. The highest BCUT2D eigenvalue weighted by Gasteiger charge is 2.30. The highest BCUT2D eigenvalue weighted by Crippen LogP contribution is 2.31. The summed E-state index contributed by atoms with van der Waals surface area (Å²) in [5.41, 5.74) is 0.296. The summed E-state index contributed by atoms with van der Waals surface area (Å²) in [5.74, 6) is 0.242. The SMILES string of the molecule is Cc1ccc(OCCNC(=O)COc2cccc(C(F)(F)F)c2)cc1. The molecule has 7 heteroatoms. The lowest BCUT2D eigenvalue weighted by atomic mass is 10.2. The van der Waals surface area contributed by atoms with Gasteiger partial charge in [-0.1, -0.05) is 23.8 Å². The van der Waals surface area contributed by atoms with Gasteiger partial charge in [0.15, 0.2) is 6.61 Å². The summed E-state index contributed by atoms with van der Waals surface area (Å²) in [5, 5.41) is 2.57. The van der Waals surface area contributed by atoms with Crippen LogP contribution in [0.5, 0.6) is 11.5 Å². The second kappa shape index (κ2) is 8.41. The quantitative estimate of drug-likeness (QED) is 0.774. The number of hydrogen-bond acceptors (Lipinski definition) is 3. The van der Waals surface area contributed by atoms with Crippen molar-refractivity contribution in [3.05, 3.63) is 59.7 Å². The molecule has 4 nitrogen and oxygen atoms in total. The summed E-state index contributed by atoms with van der Waals surface area (Å²) in [6.07, 6.45) is -4.45. The van der Waals surface area contributed by atoms with Gasteiger partial charge < -0.3 is 14.8 Å². The Morgan fingerprint density at radius 2 is 1.76 bits per heavy atom. The van der Waals surface area contributed by atoms with Gasteiger partial charge in [-0.25, -0.2) is 0 Å². The first-order valence-electron chi connectivity index (χ1n) is 7.61. The predicted molar refractivity (Wildman–Crippen MR) is 86.6 cm³/mol. The fourth-order valence-corrected chi connectivity index (χ4v) is 1.96. The topological polar surface area (TPSA) is 47.6 Å². The molecular weight excluding hydrogens is 335 g/mol. The first-order chi connectivity index (χ1) is 11.8. The monoisotopic (exact) mass is 353 g/mol. The van der Waals surface area contributed by atoms with Crippen LogP contribution in [0.15, 0.2) is 48.5 Å². The Hall–Kier alpha value is -2.70. The highest BCUT2D eigenvalue weighted by molar-refractivity contribution is 5.77. The summed E-state index contributed by atoms with van der Waals surface area (Å²) in [4.78, 5) is 11.6. The lowest BCUT2D eigenvalue weighted by Gasteiger charge is -2.11. The average Bonchev–Trinajstić information content (AvgIpc) is 2.58. The standard InChI is InChI=1S/C18H18F3NO3/c1-13-5-7-15(8-6-13)24-10-9-22-17(23)12-25-16-4-2-3-14(11-16)18(19,20)21/h2-8,11H,9-10,12H2,1H3,(H,22,23). The molecule has 0 fully saturated rings. The van der Waals surface area contributed by atoms with E-state index in [1.807, 2.05) is 31.2 Å². The largest absolute Gasteiger partial charge is 0.492 e. The van der Waals surface area contributed by atoms with Crippen LogP contribution in [0.4, 0.5) is 13.2 Å². The normalized spacial score (nSPS) is 11.0. The number of amides is 1. The third-order valence-corrected chi connectivity index (χ3v) is 3.25. The third kappa shape index (κ3) is 6.37. The molecule has 0 saturated heterocycles.